The maximum Gasteiger partial charge on any atom is 0.243 e. The molecule has 0 aliphatic rings. The normalized spacial score (nSPS) is 9.22. The number of rotatable bonds is 5. The fourth-order valence-electron chi connectivity index (χ4n) is 1.37. The zero-order valence-corrected chi connectivity index (χ0v) is 11.3. The van der Waals surface area contributed by atoms with Crippen LogP contribution in [0.4, 0.5) is 5.69 Å². The van der Waals surface area contributed by atoms with Crippen molar-refractivity contribution in [2.24, 2.45) is 0 Å². The molecule has 1 aromatic carbocycles. The van der Waals surface area contributed by atoms with Crippen molar-refractivity contribution in [1.29, 1.82) is 0 Å². The van der Waals surface area contributed by atoms with E-state index in [4.69, 9.17) is 0 Å². The fraction of sp³-hybridized carbons (Fsp3) is 0.333. The van der Waals surface area contributed by atoms with Crippen molar-refractivity contribution >= 4 is 29.9 Å². The number of amides is 2. The van der Waals surface area contributed by atoms with E-state index in [2.05, 4.69) is 16.0 Å². The molecule has 0 aromatic heterocycles. The summed E-state index contributed by atoms with van der Waals surface area (Å²) in [7, 11) is 1.86. The largest absolute Gasteiger partial charge is 0.347 e. The van der Waals surface area contributed by atoms with E-state index in [1.54, 1.807) is 0 Å². The Balaban J connectivity index is 0.00000289. The lowest BCUT2D eigenvalue weighted by Crippen LogP contribution is -2.31. The van der Waals surface area contributed by atoms with E-state index in [0.29, 0.717) is 0 Å². The second-order valence-corrected chi connectivity index (χ2v) is 3.69. The molecule has 1 rings (SSSR count). The second kappa shape index (κ2) is 8.49. The summed E-state index contributed by atoms with van der Waals surface area (Å²) in [6.07, 6.45) is 0. The van der Waals surface area contributed by atoms with Crippen molar-refractivity contribution < 1.29 is 9.59 Å². The van der Waals surface area contributed by atoms with Crippen LogP contribution in [0.5, 0.6) is 0 Å². The molecule has 6 heteroatoms. The summed E-state index contributed by atoms with van der Waals surface area (Å²) in [6, 6.07) is 7.55. The Hall–Kier alpha value is -1.59. The SMILES string of the molecule is CNCc1cccc(NC(=O)CNC(C)=O)c1.Cl. The van der Waals surface area contributed by atoms with Gasteiger partial charge in [-0.2, -0.15) is 0 Å². The van der Waals surface area contributed by atoms with Gasteiger partial charge < -0.3 is 16.0 Å². The molecule has 0 saturated carbocycles. The van der Waals surface area contributed by atoms with Crippen LogP contribution in [0.3, 0.4) is 0 Å². The van der Waals surface area contributed by atoms with Crippen molar-refractivity contribution in [3.8, 4) is 0 Å². The monoisotopic (exact) mass is 271 g/mol. The Morgan fingerprint density at radius 3 is 2.61 bits per heavy atom. The topological polar surface area (TPSA) is 70.2 Å². The molecule has 100 valence electrons. The van der Waals surface area contributed by atoms with Gasteiger partial charge in [-0.1, -0.05) is 12.1 Å². The van der Waals surface area contributed by atoms with Crippen molar-refractivity contribution in [2.75, 3.05) is 18.9 Å². The molecule has 0 heterocycles. The van der Waals surface area contributed by atoms with E-state index in [0.717, 1.165) is 17.8 Å². The van der Waals surface area contributed by atoms with Crippen LogP contribution >= 0.6 is 12.4 Å². The average Bonchev–Trinajstić information content (AvgIpc) is 2.27. The van der Waals surface area contributed by atoms with E-state index < -0.39 is 0 Å². The number of halogens is 1. The van der Waals surface area contributed by atoms with Gasteiger partial charge in [0.05, 0.1) is 6.54 Å². The van der Waals surface area contributed by atoms with E-state index in [1.165, 1.54) is 6.92 Å². The number of nitrogens with one attached hydrogen (secondary N) is 3. The molecule has 0 saturated heterocycles. The fourth-order valence-corrected chi connectivity index (χ4v) is 1.37. The summed E-state index contributed by atoms with van der Waals surface area (Å²) >= 11 is 0. The molecular weight excluding hydrogens is 254 g/mol. The van der Waals surface area contributed by atoms with Crippen LogP contribution in [0.2, 0.25) is 0 Å². The average molecular weight is 272 g/mol. The summed E-state index contributed by atoms with van der Waals surface area (Å²) < 4.78 is 0. The first kappa shape index (κ1) is 16.4. The summed E-state index contributed by atoms with van der Waals surface area (Å²) in [6.45, 7) is 2.11. The van der Waals surface area contributed by atoms with Gasteiger partial charge in [0, 0.05) is 19.2 Å². The molecule has 0 radical (unpaired) electrons. The molecule has 0 fully saturated rings. The minimum atomic E-state index is -0.234. The van der Waals surface area contributed by atoms with Gasteiger partial charge in [0.1, 0.15) is 0 Å². The highest BCUT2D eigenvalue weighted by molar-refractivity contribution is 5.94. The molecule has 5 nitrogen and oxygen atoms in total. The highest BCUT2D eigenvalue weighted by Crippen LogP contribution is 2.10. The number of anilines is 1. The third-order valence-electron chi connectivity index (χ3n) is 2.09. The Kier molecular flexibility index (Phi) is 7.74. The molecule has 0 atom stereocenters. The van der Waals surface area contributed by atoms with Crippen LogP contribution in [-0.2, 0) is 16.1 Å². The summed E-state index contributed by atoms with van der Waals surface area (Å²) in [5.74, 6) is -0.453. The van der Waals surface area contributed by atoms with E-state index >= 15 is 0 Å². The minimum absolute atomic E-state index is 0. The third kappa shape index (κ3) is 6.22. The highest BCUT2D eigenvalue weighted by atomic mass is 35.5. The molecule has 1 aromatic rings. The van der Waals surface area contributed by atoms with Gasteiger partial charge in [-0.05, 0) is 24.7 Å². The van der Waals surface area contributed by atoms with Crippen LogP contribution < -0.4 is 16.0 Å². The molecule has 2 amide bonds. The maximum atomic E-state index is 11.4. The summed E-state index contributed by atoms with van der Waals surface area (Å²) in [4.78, 5) is 22.1. The lowest BCUT2D eigenvalue weighted by molar-refractivity contribution is -0.122. The van der Waals surface area contributed by atoms with Crippen molar-refractivity contribution in [2.45, 2.75) is 13.5 Å². The molecule has 0 bridgehead atoms. The lowest BCUT2D eigenvalue weighted by atomic mass is 10.2. The molecule has 0 aliphatic heterocycles. The predicted molar refractivity (Wildman–Crippen MR) is 73.8 cm³/mol. The van der Waals surface area contributed by atoms with E-state index in [9.17, 15) is 9.59 Å². The van der Waals surface area contributed by atoms with Gasteiger partial charge in [0.15, 0.2) is 0 Å². The molecular formula is C12H18ClN3O2. The zero-order chi connectivity index (χ0) is 12.7. The van der Waals surface area contributed by atoms with Crippen LogP contribution in [0.15, 0.2) is 24.3 Å². The van der Waals surface area contributed by atoms with Gasteiger partial charge >= 0.3 is 0 Å². The molecule has 3 N–H and O–H groups in total. The maximum absolute atomic E-state index is 11.4. The van der Waals surface area contributed by atoms with Gasteiger partial charge in [0.25, 0.3) is 0 Å². The Labute approximate surface area is 113 Å². The van der Waals surface area contributed by atoms with Crippen LogP contribution in [-0.4, -0.2) is 25.4 Å². The number of benzene rings is 1. The van der Waals surface area contributed by atoms with Crippen LogP contribution in [0.1, 0.15) is 12.5 Å². The smallest absolute Gasteiger partial charge is 0.243 e. The van der Waals surface area contributed by atoms with Gasteiger partial charge in [-0.25, -0.2) is 0 Å². The van der Waals surface area contributed by atoms with Gasteiger partial charge in [0.2, 0.25) is 11.8 Å². The van der Waals surface area contributed by atoms with E-state index in [1.807, 2.05) is 31.3 Å². The molecule has 0 spiro atoms. The first-order valence-corrected chi connectivity index (χ1v) is 5.39. The van der Waals surface area contributed by atoms with Crippen molar-refractivity contribution in [3.05, 3.63) is 29.8 Å². The Morgan fingerprint density at radius 2 is 2.00 bits per heavy atom. The number of hydrogen-bond acceptors (Lipinski definition) is 3. The standard InChI is InChI=1S/C12H17N3O2.ClH/c1-9(16)14-8-12(17)15-11-5-3-4-10(6-11)7-13-2;/h3-6,13H,7-8H2,1-2H3,(H,14,16)(H,15,17);1H. The number of carbonyl (C=O) groups is 2. The third-order valence-corrected chi connectivity index (χ3v) is 2.09. The van der Waals surface area contributed by atoms with Crippen molar-refractivity contribution in [1.82, 2.24) is 10.6 Å². The number of carbonyl (C=O) groups excluding carboxylic acids is 2. The highest BCUT2D eigenvalue weighted by Gasteiger charge is 2.03. The van der Waals surface area contributed by atoms with Gasteiger partial charge in [-0.15, -0.1) is 12.4 Å². The molecule has 0 unspecified atom stereocenters. The molecule has 18 heavy (non-hydrogen) atoms. The van der Waals surface area contributed by atoms with E-state index in [-0.39, 0.29) is 30.8 Å². The predicted octanol–water partition coefficient (Wildman–Crippen LogP) is 0.902. The number of hydrogen-bond donors (Lipinski definition) is 3. The molecule has 0 aliphatic carbocycles. The summed E-state index contributed by atoms with van der Waals surface area (Å²) in [5.41, 5.74) is 1.82. The van der Waals surface area contributed by atoms with Gasteiger partial charge in [-0.3, -0.25) is 9.59 Å². The quantitative estimate of drug-likeness (QED) is 0.745. The first-order valence-electron chi connectivity index (χ1n) is 5.39. The van der Waals surface area contributed by atoms with Crippen LogP contribution in [0, 0.1) is 0 Å². The Bertz CT molecular complexity index is 410. The summed E-state index contributed by atoms with van der Waals surface area (Å²) in [5, 5.41) is 8.19. The minimum Gasteiger partial charge on any atom is -0.347 e. The Morgan fingerprint density at radius 1 is 1.28 bits per heavy atom. The first-order chi connectivity index (χ1) is 8.11. The van der Waals surface area contributed by atoms with Crippen LogP contribution in [0.25, 0.3) is 0 Å². The zero-order valence-electron chi connectivity index (χ0n) is 10.4. The second-order valence-electron chi connectivity index (χ2n) is 3.69. The van der Waals surface area contributed by atoms with Crippen molar-refractivity contribution in [3.63, 3.8) is 0 Å². The lowest BCUT2D eigenvalue weighted by Gasteiger charge is -2.07.